The Morgan fingerprint density at radius 3 is 2.77 bits per heavy atom. The minimum atomic E-state index is -0.317. The standard InChI is InChI=1S/C24H26FN3O2/c25-19-5-3-4-18(16-19)7-8-22(29)28-14-10-24(11-15-28)17-21(24)23(30)27-13-9-20-6-1-2-12-26-20/h1-8,12,16,21H,9-11,13-15,17H2,(H,27,30)/b8-7+/t21-/m1/s1. The molecule has 4 rings (SSSR count). The normalized spacial score (nSPS) is 19.8. The van der Waals surface area contributed by atoms with Crippen molar-refractivity contribution in [1.82, 2.24) is 15.2 Å². The lowest BCUT2D eigenvalue weighted by atomic mass is 9.90. The van der Waals surface area contributed by atoms with Gasteiger partial charge in [0.05, 0.1) is 0 Å². The maximum Gasteiger partial charge on any atom is 0.246 e. The van der Waals surface area contributed by atoms with E-state index in [1.54, 1.807) is 24.4 Å². The molecule has 0 unspecified atom stereocenters. The summed E-state index contributed by atoms with van der Waals surface area (Å²) < 4.78 is 13.2. The van der Waals surface area contributed by atoms with Crippen LogP contribution in [0.25, 0.3) is 6.08 Å². The average Bonchev–Trinajstić information content (AvgIpc) is 3.46. The molecule has 5 nitrogen and oxygen atoms in total. The molecule has 2 fully saturated rings. The van der Waals surface area contributed by atoms with Crippen molar-refractivity contribution in [3.05, 3.63) is 71.8 Å². The van der Waals surface area contributed by atoms with Crippen molar-refractivity contribution in [2.45, 2.75) is 25.7 Å². The van der Waals surface area contributed by atoms with Crippen molar-refractivity contribution >= 4 is 17.9 Å². The molecule has 1 spiro atoms. The highest BCUT2D eigenvalue weighted by molar-refractivity contribution is 5.92. The number of nitrogens with one attached hydrogen (secondary N) is 1. The predicted octanol–water partition coefficient (Wildman–Crippen LogP) is 3.22. The van der Waals surface area contributed by atoms with Gasteiger partial charge in [-0.05, 0) is 60.6 Å². The van der Waals surface area contributed by atoms with E-state index in [1.807, 2.05) is 23.1 Å². The Balaban J connectivity index is 1.21. The summed E-state index contributed by atoms with van der Waals surface area (Å²) in [6.07, 6.45) is 8.24. The van der Waals surface area contributed by atoms with Crippen molar-refractivity contribution in [3.63, 3.8) is 0 Å². The lowest BCUT2D eigenvalue weighted by molar-refractivity contribution is -0.127. The van der Waals surface area contributed by atoms with Gasteiger partial charge in [0, 0.05) is 49.9 Å². The molecule has 1 atom stereocenters. The molecule has 2 amide bonds. The third kappa shape index (κ3) is 4.75. The molecule has 30 heavy (non-hydrogen) atoms. The summed E-state index contributed by atoms with van der Waals surface area (Å²) in [7, 11) is 0. The number of aromatic nitrogens is 1. The molecular formula is C24H26FN3O2. The van der Waals surface area contributed by atoms with Crippen molar-refractivity contribution < 1.29 is 14.0 Å². The summed E-state index contributed by atoms with van der Waals surface area (Å²) in [5.74, 6) is -0.202. The molecule has 2 aromatic rings. The van der Waals surface area contributed by atoms with Crippen LogP contribution in [0.1, 0.15) is 30.5 Å². The van der Waals surface area contributed by atoms with E-state index in [0.29, 0.717) is 25.2 Å². The van der Waals surface area contributed by atoms with Gasteiger partial charge in [-0.15, -0.1) is 0 Å². The fraction of sp³-hybridized carbons (Fsp3) is 0.375. The van der Waals surface area contributed by atoms with E-state index in [9.17, 15) is 14.0 Å². The Morgan fingerprint density at radius 2 is 2.03 bits per heavy atom. The van der Waals surface area contributed by atoms with Crippen LogP contribution in [0.2, 0.25) is 0 Å². The topological polar surface area (TPSA) is 62.3 Å². The molecule has 1 aromatic carbocycles. The number of likely N-dealkylation sites (tertiary alicyclic amines) is 1. The molecule has 0 bridgehead atoms. The van der Waals surface area contributed by atoms with Crippen LogP contribution in [0.4, 0.5) is 4.39 Å². The third-order valence-corrected chi connectivity index (χ3v) is 6.25. The first-order chi connectivity index (χ1) is 14.6. The number of carbonyl (C=O) groups is 2. The summed E-state index contributed by atoms with van der Waals surface area (Å²) in [6, 6.07) is 11.9. The molecular weight excluding hydrogens is 381 g/mol. The van der Waals surface area contributed by atoms with E-state index < -0.39 is 0 Å². The third-order valence-electron chi connectivity index (χ3n) is 6.25. The van der Waals surface area contributed by atoms with Crippen LogP contribution in [0.15, 0.2) is 54.7 Å². The van der Waals surface area contributed by atoms with Gasteiger partial charge in [0.1, 0.15) is 5.82 Å². The average molecular weight is 407 g/mol. The summed E-state index contributed by atoms with van der Waals surface area (Å²) in [5, 5.41) is 3.04. The van der Waals surface area contributed by atoms with Crippen molar-refractivity contribution in [2.75, 3.05) is 19.6 Å². The molecule has 1 saturated heterocycles. The smallest absolute Gasteiger partial charge is 0.246 e. The summed E-state index contributed by atoms with van der Waals surface area (Å²) in [6.45, 7) is 1.91. The van der Waals surface area contributed by atoms with Crippen molar-refractivity contribution in [1.29, 1.82) is 0 Å². The monoisotopic (exact) mass is 407 g/mol. The molecule has 1 N–H and O–H groups in total. The molecule has 1 aromatic heterocycles. The summed E-state index contributed by atoms with van der Waals surface area (Å²) in [4.78, 5) is 31.0. The van der Waals surface area contributed by atoms with Gasteiger partial charge in [0.25, 0.3) is 0 Å². The van der Waals surface area contributed by atoms with E-state index in [0.717, 1.165) is 31.4 Å². The molecule has 2 aliphatic rings. The second-order valence-electron chi connectivity index (χ2n) is 8.19. The highest BCUT2D eigenvalue weighted by Gasteiger charge is 2.58. The number of hydrogen-bond acceptors (Lipinski definition) is 3. The number of pyridine rings is 1. The van der Waals surface area contributed by atoms with Crippen LogP contribution in [0.5, 0.6) is 0 Å². The summed E-state index contributed by atoms with van der Waals surface area (Å²) >= 11 is 0. The van der Waals surface area contributed by atoms with E-state index >= 15 is 0 Å². The van der Waals surface area contributed by atoms with Gasteiger partial charge < -0.3 is 10.2 Å². The van der Waals surface area contributed by atoms with Crippen LogP contribution in [-0.2, 0) is 16.0 Å². The number of carbonyl (C=O) groups excluding carboxylic acids is 2. The Morgan fingerprint density at radius 1 is 1.20 bits per heavy atom. The van der Waals surface area contributed by atoms with E-state index in [4.69, 9.17) is 0 Å². The minimum Gasteiger partial charge on any atom is -0.355 e. The second-order valence-corrected chi connectivity index (χ2v) is 8.19. The first-order valence-electron chi connectivity index (χ1n) is 10.5. The zero-order valence-corrected chi connectivity index (χ0v) is 16.9. The van der Waals surface area contributed by atoms with Crippen molar-refractivity contribution in [2.24, 2.45) is 11.3 Å². The highest BCUT2D eigenvalue weighted by atomic mass is 19.1. The Labute approximate surface area is 176 Å². The van der Waals surface area contributed by atoms with Crippen LogP contribution in [-0.4, -0.2) is 41.3 Å². The van der Waals surface area contributed by atoms with Crippen molar-refractivity contribution in [3.8, 4) is 0 Å². The lowest BCUT2D eigenvalue weighted by Gasteiger charge is -2.32. The first kappa shape index (κ1) is 20.3. The van der Waals surface area contributed by atoms with E-state index in [2.05, 4.69) is 10.3 Å². The molecule has 1 aliphatic carbocycles. The van der Waals surface area contributed by atoms with Gasteiger partial charge in [-0.2, -0.15) is 0 Å². The number of benzene rings is 1. The Kier molecular flexibility index (Phi) is 5.93. The largest absolute Gasteiger partial charge is 0.355 e. The number of halogens is 1. The number of rotatable bonds is 6. The maximum atomic E-state index is 13.2. The molecule has 156 valence electrons. The van der Waals surface area contributed by atoms with E-state index in [-0.39, 0.29) is 29.0 Å². The Bertz CT molecular complexity index is 936. The highest BCUT2D eigenvalue weighted by Crippen LogP contribution is 2.59. The van der Waals surface area contributed by atoms with E-state index in [1.165, 1.54) is 18.2 Å². The fourth-order valence-electron chi connectivity index (χ4n) is 4.31. The van der Waals surface area contributed by atoms with Gasteiger partial charge in [-0.3, -0.25) is 14.6 Å². The predicted molar refractivity (Wildman–Crippen MR) is 113 cm³/mol. The molecule has 6 heteroatoms. The second kappa shape index (κ2) is 8.78. The number of nitrogens with zero attached hydrogens (tertiary/aromatic N) is 2. The number of piperidine rings is 1. The van der Waals surface area contributed by atoms with Gasteiger partial charge >= 0.3 is 0 Å². The molecule has 1 saturated carbocycles. The number of hydrogen-bond donors (Lipinski definition) is 1. The van der Waals surface area contributed by atoms with Crippen LogP contribution < -0.4 is 5.32 Å². The zero-order chi connectivity index (χ0) is 21.0. The SMILES string of the molecule is O=C(NCCc1ccccn1)[C@H]1CC12CCN(C(=O)/C=C/c1cccc(F)c1)CC2. The quantitative estimate of drug-likeness (QED) is 0.748. The molecule has 2 heterocycles. The van der Waals surface area contributed by atoms with Crippen LogP contribution >= 0.6 is 0 Å². The minimum absolute atomic E-state index is 0.0537. The first-order valence-corrected chi connectivity index (χ1v) is 10.5. The number of amides is 2. The van der Waals surface area contributed by atoms with Gasteiger partial charge in [0.15, 0.2) is 0 Å². The van der Waals surface area contributed by atoms with Crippen LogP contribution in [0, 0.1) is 17.2 Å². The van der Waals surface area contributed by atoms with Gasteiger partial charge in [0.2, 0.25) is 11.8 Å². The Hall–Kier alpha value is -3.02. The zero-order valence-electron chi connectivity index (χ0n) is 16.9. The fourth-order valence-corrected chi connectivity index (χ4v) is 4.31. The summed E-state index contributed by atoms with van der Waals surface area (Å²) in [5.41, 5.74) is 1.70. The van der Waals surface area contributed by atoms with Gasteiger partial charge in [-0.1, -0.05) is 18.2 Å². The molecule has 1 aliphatic heterocycles. The lowest BCUT2D eigenvalue weighted by Crippen LogP contribution is -2.40. The maximum absolute atomic E-state index is 13.2. The van der Waals surface area contributed by atoms with Gasteiger partial charge in [-0.25, -0.2) is 4.39 Å². The van der Waals surface area contributed by atoms with Crippen LogP contribution in [0.3, 0.4) is 0 Å². The molecule has 0 radical (unpaired) electrons.